The lowest BCUT2D eigenvalue weighted by Gasteiger charge is -2.07. The molecule has 0 aliphatic heterocycles. The molecule has 0 saturated carbocycles. The molecule has 82 valence electrons. The number of rotatable bonds is 4. The van der Waals surface area contributed by atoms with Crippen LogP contribution in [0.1, 0.15) is 37.3 Å². The molecule has 1 aromatic carbocycles. The van der Waals surface area contributed by atoms with Crippen molar-refractivity contribution in [1.82, 2.24) is 0 Å². The lowest BCUT2D eigenvalue weighted by molar-refractivity contribution is -0.134. The molecule has 0 aromatic heterocycles. The third-order valence-corrected chi connectivity index (χ3v) is 2.30. The number of benzene rings is 1. The fraction of sp³-hybridized carbons (Fsp3) is 0.462. The van der Waals surface area contributed by atoms with Crippen molar-refractivity contribution in [2.75, 3.05) is 0 Å². The number of carbonyl (C=O) groups excluding carboxylic acids is 1. The van der Waals surface area contributed by atoms with Gasteiger partial charge in [-0.05, 0) is 37.5 Å². The molecule has 1 aromatic rings. The second-order valence-electron chi connectivity index (χ2n) is 3.85. The lowest BCUT2D eigenvalue weighted by Crippen LogP contribution is -2.08. The van der Waals surface area contributed by atoms with Gasteiger partial charge in [0.1, 0.15) is 5.75 Å². The molecule has 0 heterocycles. The Morgan fingerprint density at radius 1 is 1.33 bits per heavy atom. The van der Waals surface area contributed by atoms with Gasteiger partial charge in [-0.25, -0.2) is 0 Å². The first-order valence-electron chi connectivity index (χ1n) is 5.41. The summed E-state index contributed by atoms with van der Waals surface area (Å²) in [5, 5.41) is 0. The quantitative estimate of drug-likeness (QED) is 0.557. The average Bonchev–Trinajstić information content (AvgIpc) is 2.20. The SMILES string of the molecule is CCCCC(=O)Oc1cc(C)ccc1C. The van der Waals surface area contributed by atoms with E-state index in [2.05, 4.69) is 6.92 Å². The third kappa shape index (κ3) is 3.74. The van der Waals surface area contributed by atoms with Gasteiger partial charge in [-0.3, -0.25) is 4.79 Å². The van der Waals surface area contributed by atoms with Crippen LogP contribution in [-0.4, -0.2) is 5.97 Å². The van der Waals surface area contributed by atoms with Gasteiger partial charge >= 0.3 is 5.97 Å². The predicted molar refractivity (Wildman–Crippen MR) is 61.1 cm³/mol. The van der Waals surface area contributed by atoms with E-state index in [0.29, 0.717) is 12.2 Å². The second-order valence-corrected chi connectivity index (χ2v) is 3.85. The summed E-state index contributed by atoms with van der Waals surface area (Å²) >= 11 is 0. The van der Waals surface area contributed by atoms with Crippen LogP contribution in [0.4, 0.5) is 0 Å². The van der Waals surface area contributed by atoms with Crippen LogP contribution < -0.4 is 4.74 Å². The van der Waals surface area contributed by atoms with Crippen molar-refractivity contribution in [2.24, 2.45) is 0 Å². The molecule has 15 heavy (non-hydrogen) atoms. The van der Waals surface area contributed by atoms with Crippen molar-refractivity contribution in [2.45, 2.75) is 40.0 Å². The Labute approximate surface area is 91.3 Å². The number of esters is 1. The highest BCUT2D eigenvalue weighted by molar-refractivity contribution is 5.72. The Bertz CT molecular complexity index is 342. The van der Waals surface area contributed by atoms with Gasteiger partial charge in [-0.1, -0.05) is 25.5 Å². The standard InChI is InChI=1S/C13H18O2/c1-4-5-6-13(14)15-12-9-10(2)7-8-11(12)3/h7-9H,4-6H2,1-3H3. The monoisotopic (exact) mass is 206 g/mol. The first-order valence-corrected chi connectivity index (χ1v) is 5.41. The van der Waals surface area contributed by atoms with Crippen molar-refractivity contribution >= 4 is 5.97 Å². The molecule has 0 unspecified atom stereocenters. The molecule has 0 radical (unpaired) electrons. The van der Waals surface area contributed by atoms with Crippen LogP contribution in [0.15, 0.2) is 18.2 Å². The van der Waals surface area contributed by atoms with Crippen LogP contribution in [0.5, 0.6) is 5.75 Å². The Kier molecular flexibility index (Phi) is 4.35. The van der Waals surface area contributed by atoms with Gasteiger partial charge in [0.25, 0.3) is 0 Å². The summed E-state index contributed by atoms with van der Waals surface area (Å²) < 4.78 is 5.29. The summed E-state index contributed by atoms with van der Waals surface area (Å²) in [5.41, 5.74) is 2.12. The Balaban J connectivity index is 2.63. The molecule has 0 aliphatic rings. The molecule has 0 saturated heterocycles. The molecule has 0 atom stereocenters. The summed E-state index contributed by atoms with van der Waals surface area (Å²) in [7, 11) is 0. The van der Waals surface area contributed by atoms with Crippen LogP contribution in [-0.2, 0) is 4.79 Å². The summed E-state index contributed by atoms with van der Waals surface area (Å²) in [6.07, 6.45) is 2.41. The maximum absolute atomic E-state index is 11.4. The number of carbonyl (C=O) groups is 1. The van der Waals surface area contributed by atoms with Crippen LogP contribution >= 0.6 is 0 Å². The van der Waals surface area contributed by atoms with Gasteiger partial charge in [-0.15, -0.1) is 0 Å². The molecule has 2 nitrogen and oxygen atoms in total. The van der Waals surface area contributed by atoms with Gasteiger partial charge in [-0.2, -0.15) is 0 Å². The largest absolute Gasteiger partial charge is 0.426 e. The molecule has 2 heteroatoms. The van der Waals surface area contributed by atoms with E-state index in [4.69, 9.17) is 4.74 Å². The Morgan fingerprint density at radius 2 is 2.07 bits per heavy atom. The second kappa shape index (κ2) is 5.54. The summed E-state index contributed by atoms with van der Waals surface area (Å²) in [5.74, 6) is 0.557. The number of hydrogen-bond acceptors (Lipinski definition) is 2. The molecule has 0 amide bonds. The molecule has 0 spiro atoms. The molecule has 1 rings (SSSR count). The zero-order valence-corrected chi connectivity index (χ0v) is 9.67. The number of hydrogen-bond donors (Lipinski definition) is 0. The maximum Gasteiger partial charge on any atom is 0.311 e. The minimum Gasteiger partial charge on any atom is -0.426 e. The summed E-state index contributed by atoms with van der Waals surface area (Å²) in [4.78, 5) is 11.4. The minimum atomic E-state index is -0.134. The molecular formula is C13H18O2. The van der Waals surface area contributed by atoms with E-state index in [-0.39, 0.29) is 5.97 Å². The fourth-order valence-electron chi connectivity index (χ4n) is 1.31. The van der Waals surface area contributed by atoms with E-state index in [0.717, 1.165) is 24.0 Å². The number of ether oxygens (including phenoxy) is 1. The highest BCUT2D eigenvalue weighted by Gasteiger charge is 2.06. The van der Waals surface area contributed by atoms with Crippen LogP contribution in [0.25, 0.3) is 0 Å². The topological polar surface area (TPSA) is 26.3 Å². The average molecular weight is 206 g/mol. The van der Waals surface area contributed by atoms with Gasteiger partial charge < -0.3 is 4.74 Å². The first kappa shape index (κ1) is 11.8. The van der Waals surface area contributed by atoms with E-state index in [1.165, 1.54) is 0 Å². The Hall–Kier alpha value is -1.31. The molecule has 0 aliphatic carbocycles. The minimum absolute atomic E-state index is 0.134. The van der Waals surface area contributed by atoms with E-state index < -0.39 is 0 Å². The van der Waals surface area contributed by atoms with Crippen molar-refractivity contribution < 1.29 is 9.53 Å². The van der Waals surface area contributed by atoms with Crippen molar-refractivity contribution in [1.29, 1.82) is 0 Å². The van der Waals surface area contributed by atoms with Gasteiger partial charge in [0, 0.05) is 6.42 Å². The van der Waals surface area contributed by atoms with Gasteiger partial charge in [0.2, 0.25) is 0 Å². The van der Waals surface area contributed by atoms with Gasteiger partial charge in [0.05, 0.1) is 0 Å². The normalized spacial score (nSPS) is 10.1. The number of aryl methyl sites for hydroxylation is 2. The Morgan fingerprint density at radius 3 is 2.73 bits per heavy atom. The van der Waals surface area contributed by atoms with Crippen LogP contribution in [0.2, 0.25) is 0 Å². The zero-order chi connectivity index (χ0) is 11.3. The third-order valence-electron chi connectivity index (χ3n) is 2.30. The van der Waals surface area contributed by atoms with Crippen molar-refractivity contribution in [3.8, 4) is 5.75 Å². The van der Waals surface area contributed by atoms with E-state index in [1.807, 2.05) is 32.0 Å². The zero-order valence-electron chi connectivity index (χ0n) is 9.67. The first-order chi connectivity index (χ1) is 7.13. The molecular weight excluding hydrogens is 188 g/mol. The summed E-state index contributed by atoms with van der Waals surface area (Å²) in [6.45, 7) is 6.00. The smallest absolute Gasteiger partial charge is 0.311 e. The van der Waals surface area contributed by atoms with E-state index in [9.17, 15) is 4.79 Å². The van der Waals surface area contributed by atoms with Gasteiger partial charge in [0.15, 0.2) is 0 Å². The highest BCUT2D eigenvalue weighted by Crippen LogP contribution is 2.19. The van der Waals surface area contributed by atoms with E-state index >= 15 is 0 Å². The van der Waals surface area contributed by atoms with Crippen molar-refractivity contribution in [3.63, 3.8) is 0 Å². The van der Waals surface area contributed by atoms with E-state index in [1.54, 1.807) is 0 Å². The molecule has 0 bridgehead atoms. The molecule has 0 fully saturated rings. The lowest BCUT2D eigenvalue weighted by atomic mass is 10.1. The number of unbranched alkanes of at least 4 members (excludes halogenated alkanes) is 1. The summed E-state index contributed by atoms with van der Waals surface area (Å²) in [6, 6.07) is 5.88. The molecule has 0 N–H and O–H groups in total. The predicted octanol–water partition coefficient (Wildman–Crippen LogP) is 3.40. The highest BCUT2D eigenvalue weighted by atomic mass is 16.5. The van der Waals surface area contributed by atoms with Crippen molar-refractivity contribution in [3.05, 3.63) is 29.3 Å². The maximum atomic E-state index is 11.4. The van der Waals surface area contributed by atoms with Crippen LogP contribution in [0, 0.1) is 13.8 Å². The van der Waals surface area contributed by atoms with Crippen LogP contribution in [0.3, 0.4) is 0 Å². The fourth-order valence-corrected chi connectivity index (χ4v) is 1.31.